The largest absolute Gasteiger partial charge is 0.493 e. The van der Waals surface area contributed by atoms with Crippen LogP contribution in [0.4, 0.5) is 0 Å². The highest BCUT2D eigenvalue weighted by molar-refractivity contribution is 5.93. The summed E-state index contributed by atoms with van der Waals surface area (Å²) in [4.78, 5) is 23.1. The van der Waals surface area contributed by atoms with Gasteiger partial charge in [0, 0.05) is 0 Å². The second-order valence-electron chi connectivity index (χ2n) is 5.16. The normalized spacial score (nSPS) is 16.5. The van der Waals surface area contributed by atoms with E-state index in [2.05, 4.69) is 0 Å². The van der Waals surface area contributed by atoms with E-state index in [1.807, 2.05) is 0 Å². The molecule has 1 aromatic rings. The second-order valence-corrected chi connectivity index (χ2v) is 5.16. The van der Waals surface area contributed by atoms with E-state index in [0.29, 0.717) is 18.4 Å². The Morgan fingerprint density at radius 1 is 1.10 bits per heavy atom. The van der Waals surface area contributed by atoms with E-state index < -0.39 is 17.4 Å². The average Bonchev–Trinajstić information content (AvgIpc) is 2.96. The van der Waals surface area contributed by atoms with Gasteiger partial charge in [-0.25, -0.2) is 4.79 Å². The molecule has 2 rings (SSSR count). The Bertz CT molecular complexity index is 572. The molecule has 2 N–H and O–H groups in total. The number of carboxylic acids is 2. The van der Waals surface area contributed by atoms with Crippen LogP contribution in [0.15, 0.2) is 12.1 Å². The minimum absolute atomic E-state index is 0.0839. The van der Waals surface area contributed by atoms with Gasteiger partial charge in [-0.3, -0.25) is 4.79 Å². The van der Waals surface area contributed by atoms with Gasteiger partial charge < -0.3 is 19.7 Å². The van der Waals surface area contributed by atoms with Crippen molar-refractivity contribution in [3.8, 4) is 11.5 Å². The van der Waals surface area contributed by atoms with Gasteiger partial charge in [0.1, 0.15) is 5.56 Å². The molecule has 1 fully saturated rings. The average molecular weight is 294 g/mol. The Labute approximate surface area is 122 Å². The lowest BCUT2D eigenvalue weighted by molar-refractivity contribution is -0.143. The molecule has 1 aromatic carbocycles. The monoisotopic (exact) mass is 294 g/mol. The summed E-state index contributed by atoms with van der Waals surface area (Å²) in [5.41, 5.74) is -0.661. The molecular weight excluding hydrogens is 276 g/mol. The van der Waals surface area contributed by atoms with Gasteiger partial charge in [-0.1, -0.05) is 12.8 Å². The van der Waals surface area contributed by atoms with Crippen molar-refractivity contribution >= 4 is 11.9 Å². The molecule has 0 atom stereocenters. The molecule has 1 aliphatic rings. The van der Waals surface area contributed by atoms with Gasteiger partial charge in [0.15, 0.2) is 11.5 Å². The van der Waals surface area contributed by atoms with E-state index in [1.165, 1.54) is 20.3 Å². The van der Waals surface area contributed by atoms with Gasteiger partial charge in [-0.2, -0.15) is 0 Å². The fourth-order valence-corrected chi connectivity index (χ4v) is 3.00. The van der Waals surface area contributed by atoms with Crippen LogP contribution in [-0.2, 0) is 10.2 Å². The Morgan fingerprint density at radius 2 is 1.71 bits per heavy atom. The molecule has 0 saturated heterocycles. The number of hydrogen-bond donors (Lipinski definition) is 2. The van der Waals surface area contributed by atoms with Crippen LogP contribution in [0.1, 0.15) is 41.6 Å². The number of carboxylic acid groups (broad SMARTS) is 2. The number of aliphatic carboxylic acids is 1. The number of hydrogen-bond acceptors (Lipinski definition) is 4. The van der Waals surface area contributed by atoms with Crippen molar-refractivity contribution in [1.29, 1.82) is 0 Å². The third-order valence-corrected chi connectivity index (χ3v) is 4.13. The van der Waals surface area contributed by atoms with Gasteiger partial charge in [-0.05, 0) is 30.5 Å². The lowest BCUT2D eigenvalue weighted by Crippen LogP contribution is -2.33. The summed E-state index contributed by atoms with van der Waals surface area (Å²) in [5, 5.41) is 18.9. The van der Waals surface area contributed by atoms with Gasteiger partial charge in [0.2, 0.25) is 0 Å². The quantitative estimate of drug-likeness (QED) is 0.865. The lowest BCUT2D eigenvalue weighted by Gasteiger charge is -2.26. The fraction of sp³-hybridized carbons (Fsp3) is 0.467. The molecule has 1 saturated carbocycles. The van der Waals surface area contributed by atoms with E-state index in [1.54, 1.807) is 6.07 Å². The van der Waals surface area contributed by atoms with E-state index in [0.717, 1.165) is 12.8 Å². The van der Waals surface area contributed by atoms with E-state index in [4.69, 9.17) is 9.47 Å². The van der Waals surface area contributed by atoms with E-state index >= 15 is 0 Å². The number of carbonyl (C=O) groups is 2. The number of aromatic carboxylic acids is 1. The van der Waals surface area contributed by atoms with Crippen molar-refractivity contribution in [1.82, 2.24) is 0 Å². The van der Waals surface area contributed by atoms with Crippen LogP contribution >= 0.6 is 0 Å². The van der Waals surface area contributed by atoms with Crippen molar-refractivity contribution in [2.24, 2.45) is 0 Å². The zero-order valence-electron chi connectivity index (χ0n) is 12.0. The first-order valence-electron chi connectivity index (χ1n) is 6.69. The van der Waals surface area contributed by atoms with Crippen LogP contribution in [-0.4, -0.2) is 36.4 Å². The Kier molecular flexibility index (Phi) is 4.06. The number of rotatable bonds is 5. The SMILES string of the molecule is COc1cc(C2(C(=O)O)CCCC2)cc(C(=O)O)c1OC. The molecule has 0 heterocycles. The maximum atomic E-state index is 11.7. The molecule has 0 aliphatic heterocycles. The topological polar surface area (TPSA) is 93.1 Å². The van der Waals surface area contributed by atoms with Crippen LogP contribution in [0.2, 0.25) is 0 Å². The molecule has 0 bridgehead atoms. The Hall–Kier alpha value is -2.24. The molecule has 1 aliphatic carbocycles. The summed E-state index contributed by atoms with van der Waals surface area (Å²) in [6.07, 6.45) is 2.61. The van der Waals surface area contributed by atoms with Crippen molar-refractivity contribution in [2.75, 3.05) is 14.2 Å². The van der Waals surface area contributed by atoms with Crippen LogP contribution in [0.5, 0.6) is 11.5 Å². The number of ether oxygens (including phenoxy) is 2. The van der Waals surface area contributed by atoms with Gasteiger partial charge >= 0.3 is 11.9 Å². The molecule has 21 heavy (non-hydrogen) atoms. The Balaban J connectivity index is 2.67. The summed E-state index contributed by atoms with van der Waals surface area (Å²) in [6, 6.07) is 2.97. The third-order valence-electron chi connectivity index (χ3n) is 4.13. The predicted molar refractivity (Wildman–Crippen MR) is 74.3 cm³/mol. The minimum atomic E-state index is -1.18. The highest BCUT2D eigenvalue weighted by atomic mass is 16.5. The number of benzene rings is 1. The molecule has 0 amide bonds. The highest BCUT2D eigenvalue weighted by Crippen LogP contribution is 2.45. The van der Waals surface area contributed by atoms with Crippen molar-refractivity contribution in [3.05, 3.63) is 23.3 Å². The molecular formula is C15H18O6. The van der Waals surface area contributed by atoms with Gasteiger partial charge in [0.25, 0.3) is 0 Å². The summed E-state index contributed by atoms with van der Waals surface area (Å²) < 4.78 is 10.3. The predicted octanol–water partition coefficient (Wildman–Crippen LogP) is 2.30. The fourth-order valence-electron chi connectivity index (χ4n) is 3.00. The van der Waals surface area contributed by atoms with Crippen LogP contribution < -0.4 is 9.47 Å². The first kappa shape index (κ1) is 15.2. The van der Waals surface area contributed by atoms with Crippen molar-refractivity contribution < 1.29 is 29.3 Å². The molecule has 0 radical (unpaired) electrons. The summed E-state index contributed by atoms with van der Waals surface area (Å²) in [6.45, 7) is 0. The molecule has 0 spiro atoms. The standard InChI is InChI=1S/C15H18O6/c1-20-11-8-9(7-10(13(16)17)12(11)21-2)15(14(18)19)5-3-4-6-15/h7-8H,3-6H2,1-2H3,(H,16,17)(H,18,19). The maximum absolute atomic E-state index is 11.7. The van der Waals surface area contributed by atoms with E-state index in [9.17, 15) is 19.8 Å². The smallest absolute Gasteiger partial charge is 0.339 e. The van der Waals surface area contributed by atoms with Crippen molar-refractivity contribution in [2.45, 2.75) is 31.1 Å². The van der Waals surface area contributed by atoms with Crippen molar-refractivity contribution in [3.63, 3.8) is 0 Å². The van der Waals surface area contributed by atoms with Gasteiger partial charge in [-0.15, -0.1) is 0 Å². The summed E-state index contributed by atoms with van der Waals surface area (Å²) in [7, 11) is 2.75. The number of methoxy groups -OCH3 is 2. The van der Waals surface area contributed by atoms with Gasteiger partial charge in [0.05, 0.1) is 19.6 Å². The zero-order valence-corrected chi connectivity index (χ0v) is 12.0. The molecule has 6 nitrogen and oxygen atoms in total. The Morgan fingerprint density at radius 3 is 2.14 bits per heavy atom. The maximum Gasteiger partial charge on any atom is 0.339 e. The first-order valence-corrected chi connectivity index (χ1v) is 6.69. The highest BCUT2D eigenvalue weighted by Gasteiger charge is 2.44. The summed E-state index contributed by atoms with van der Waals surface area (Å²) >= 11 is 0. The first-order chi connectivity index (χ1) is 9.96. The van der Waals surface area contributed by atoms with E-state index in [-0.39, 0.29) is 17.1 Å². The lowest BCUT2D eigenvalue weighted by atomic mass is 9.78. The third kappa shape index (κ3) is 2.41. The molecule has 0 aromatic heterocycles. The second kappa shape index (κ2) is 5.63. The molecule has 114 valence electrons. The molecule has 6 heteroatoms. The summed E-state index contributed by atoms with van der Waals surface area (Å²) in [5.74, 6) is -1.76. The van der Waals surface area contributed by atoms with Crippen LogP contribution in [0.25, 0.3) is 0 Å². The van der Waals surface area contributed by atoms with Crippen LogP contribution in [0.3, 0.4) is 0 Å². The minimum Gasteiger partial charge on any atom is -0.493 e. The van der Waals surface area contributed by atoms with Crippen LogP contribution in [0, 0.1) is 0 Å². The molecule has 0 unspecified atom stereocenters. The zero-order chi connectivity index (χ0) is 15.6.